The predicted octanol–water partition coefficient (Wildman–Crippen LogP) is 3.34. The first-order chi connectivity index (χ1) is 11.3. The zero-order chi connectivity index (χ0) is 15.6. The minimum atomic E-state index is -0.337. The van der Waals surface area contributed by atoms with Gasteiger partial charge in [-0.15, -0.1) is 11.3 Å². The third kappa shape index (κ3) is 3.17. The van der Waals surface area contributed by atoms with Crippen LogP contribution in [0.25, 0.3) is 4.96 Å². The number of rotatable bonds is 4. The fourth-order valence-electron chi connectivity index (χ4n) is 3.43. The molecule has 1 atom stereocenters. The number of nitrogens with zero attached hydrogens (tertiary/aromatic N) is 3. The number of benzene rings is 1. The van der Waals surface area contributed by atoms with Crippen LogP contribution < -0.4 is 0 Å². The molecule has 4 nitrogen and oxygen atoms in total. The van der Waals surface area contributed by atoms with Crippen molar-refractivity contribution in [3.63, 3.8) is 0 Å². The second-order valence-corrected chi connectivity index (χ2v) is 7.17. The number of fused-ring (bicyclic) bond motifs is 1. The highest BCUT2D eigenvalue weighted by Gasteiger charge is 2.26. The quantitative estimate of drug-likeness (QED) is 0.799. The molecule has 1 aliphatic heterocycles. The van der Waals surface area contributed by atoms with E-state index in [1.165, 1.54) is 0 Å². The summed E-state index contributed by atoms with van der Waals surface area (Å²) in [5, 5.41) is 12.6. The van der Waals surface area contributed by atoms with Gasteiger partial charge in [-0.2, -0.15) is 0 Å². The third-order valence-electron chi connectivity index (χ3n) is 4.75. The Morgan fingerprint density at radius 3 is 2.74 bits per heavy atom. The van der Waals surface area contributed by atoms with Crippen LogP contribution in [-0.4, -0.2) is 32.5 Å². The summed E-state index contributed by atoms with van der Waals surface area (Å²) in [6.07, 6.45) is 5.92. The van der Waals surface area contributed by atoms with Gasteiger partial charge in [0.05, 0.1) is 11.8 Å². The molecule has 2 aromatic heterocycles. The first kappa shape index (κ1) is 14.9. The lowest BCUT2D eigenvalue weighted by molar-refractivity contribution is 0.0565. The molecule has 0 radical (unpaired) electrons. The van der Waals surface area contributed by atoms with Gasteiger partial charge in [0, 0.05) is 24.3 Å². The molecular formula is C18H21N3OS. The largest absolute Gasteiger partial charge is 0.388 e. The normalized spacial score (nSPS) is 18.5. The maximum Gasteiger partial charge on any atom is 0.193 e. The van der Waals surface area contributed by atoms with E-state index >= 15 is 0 Å². The van der Waals surface area contributed by atoms with Crippen LogP contribution in [0, 0.1) is 5.92 Å². The molecule has 4 rings (SSSR count). The van der Waals surface area contributed by atoms with Gasteiger partial charge in [-0.1, -0.05) is 30.3 Å². The molecule has 0 saturated carbocycles. The van der Waals surface area contributed by atoms with Gasteiger partial charge in [-0.25, -0.2) is 4.98 Å². The molecule has 0 amide bonds. The number of aliphatic hydroxyl groups excluding tert-OH is 1. The lowest BCUT2D eigenvalue weighted by Gasteiger charge is -2.34. The molecule has 1 N–H and O–H groups in total. The van der Waals surface area contributed by atoms with E-state index in [2.05, 4.69) is 32.1 Å². The van der Waals surface area contributed by atoms with Gasteiger partial charge in [0.1, 0.15) is 0 Å². The Bertz CT molecular complexity index is 730. The summed E-state index contributed by atoms with van der Waals surface area (Å²) in [6, 6.07) is 10.0. The summed E-state index contributed by atoms with van der Waals surface area (Å²) in [5.41, 5.74) is 2.18. The number of piperidine rings is 1. The highest BCUT2D eigenvalue weighted by Crippen LogP contribution is 2.31. The van der Waals surface area contributed by atoms with Crippen LogP contribution in [0.15, 0.2) is 48.1 Å². The zero-order valence-electron chi connectivity index (χ0n) is 13.0. The van der Waals surface area contributed by atoms with Crippen molar-refractivity contribution in [2.24, 2.45) is 5.92 Å². The molecule has 1 unspecified atom stereocenters. The van der Waals surface area contributed by atoms with E-state index in [4.69, 9.17) is 0 Å². The molecular weight excluding hydrogens is 306 g/mol. The molecule has 23 heavy (non-hydrogen) atoms. The summed E-state index contributed by atoms with van der Waals surface area (Å²) in [5.74, 6) is 0.360. The van der Waals surface area contributed by atoms with Crippen molar-refractivity contribution in [2.45, 2.75) is 25.5 Å². The van der Waals surface area contributed by atoms with Crippen LogP contribution in [0.4, 0.5) is 0 Å². The van der Waals surface area contributed by atoms with Gasteiger partial charge in [0.25, 0.3) is 0 Å². The number of aromatic nitrogens is 2. The Hall–Kier alpha value is -1.69. The SMILES string of the molecule is OC(c1ccccc1)C1CCN(Cc2cn3ccsc3n2)CC1. The summed E-state index contributed by atoms with van der Waals surface area (Å²) in [4.78, 5) is 8.17. The molecule has 5 heteroatoms. The first-order valence-corrected chi connectivity index (χ1v) is 9.04. The molecule has 3 aromatic rings. The van der Waals surface area contributed by atoms with Crippen molar-refractivity contribution in [1.29, 1.82) is 0 Å². The predicted molar refractivity (Wildman–Crippen MR) is 92.5 cm³/mol. The van der Waals surface area contributed by atoms with Crippen molar-refractivity contribution in [2.75, 3.05) is 13.1 Å². The van der Waals surface area contributed by atoms with Crippen LogP contribution >= 0.6 is 11.3 Å². The van der Waals surface area contributed by atoms with Crippen molar-refractivity contribution >= 4 is 16.3 Å². The molecule has 1 fully saturated rings. The van der Waals surface area contributed by atoms with Gasteiger partial charge < -0.3 is 5.11 Å². The van der Waals surface area contributed by atoms with Crippen molar-refractivity contribution < 1.29 is 5.11 Å². The molecule has 1 aliphatic rings. The number of imidazole rings is 1. The third-order valence-corrected chi connectivity index (χ3v) is 5.52. The molecule has 120 valence electrons. The van der Waals surface area contributed by atoms with Gasteiger partial charge in [-0.3, -0.25) is 9.30 Å². The second kappa shape index (κ2) is 6.43. The summed E-state index contributed by atoms with van der Waals surface area (Å²) in [7, 11) is 0. The average Bonchev–Trinajstić information content (AvgIpc) is 3.17. The van der Waals surface area contributed by atoms with Gasteiger partial charge >= 0.3 is 0 Å². The molecule has 1 saturated heterocycles. The van der Waals surface area contributed by atoms with Crippen molar-refractivity contribution in [3.05, 3.63) is 59.4 Å². The first-order valence-electron chi connectivity index (χ1n) is 8.16. The van der Waals surface area contributed by atoms with Crippen LogP contribution in [0.3, 0.4) is 0 Å². The topological polar surface area (TPSA) is 40.8 Å². The number of thiazole rings is 1. The Morgan fingerprint density at radius 2 is 2.00 bits per heavy atom. The average molecular weight is 327 g/mol. The highest BCUT2D eigenvalue weighted by atomic mass is 32.1. The fraction of sp³-hybridized carbons (Fsp3) is 0.389. The Kier molecular flexibility index (Phi) is 4.16. The molecule has 3 heterocycles. The zero-order valence-corrected chi connectivity index (χ0v) is 13.8. The van der Waals surface area contributed by atoms with Crippen LogP contribution in [0.5, 0.6) is 0 Å². The van der Waals surface area contributed by atoms with E-state index in [1.807, 2.05) is 30.3 Å². The lowest BCUT2D eigenvalue weighted by atomic mass is 9.87. The number of likely N-dealkylation sites (tertiary alicyclic amines) is 1. The highest BCUT2D eigenvalue weighted by molar-refractivity contribution is 7.15. The molecule has 0 spiro atoms. The monoisotopic (exact) mass is 327 g/mol. The number of hydrogen-bond acceptors (Lipinski definition) is 4. The van der Waals surface area contributed by atoms with Gasteiger partial charge in [0.2, 0.25) is 0 Å². The maximum atomic E-state index is 10.6. The Labute approximate surface area is 140 Å². The minimum absolute atomic E-state index is 0.337. The van der Waals surface area contributed by atoms with Crippen LogP contribution in [0.2, 0.25) is 0 Å². The standard InChI is InChI=1S/C18H21N3OS/c22-17(14-4-2-1-3-5-14)15-6-8-20(9-7-15)12-16-13-21-10-11-23-18(21)19-16/h1-5,10-11,13,15,17,22H,6-9,12H2. The summed E-state index contributed by atoms with van der Waals surface area (Å²) < 4.78 is 2.09. The van der Waals surface area contributed by atoms with E-state index in [0.717, 1.165) is 48.7 Å². The van der Waals surface area contributed by atoms with E-state index in [-0.39, 0.29) is 6.10 Å². The van der Waals surface area contributed by atoms with Gasteiger partial charge in [0.15, 0.2) is 4.96 Å². The minimum Gasteiger partial charge on any atom is -0.388 e. The van der Waals surface area contributed by atoms with E-state index in [9.17, 15) is 5.11 Å². The number of hydrogen-bond donors (Lipinski definition) is 1. The van der Waals surface area contributed by atoms with Crippen molar-refractivity contribution in [3.8, 4) is 0 Å². The summed E-state index contributed by atoms with van der Waals surface area (Å²) >= 11 is 1.67. The maximum absolute atomic E-state index is 10.6. The van der Waals surface area contributed by atoms with E-state index in [1.54, 1.807) is 11.3 Å². The number of aliphatic hydroxyl groups is 1. The van der Waals surface area contributed by atoms with Crippen LogP contribution in [0.1, 0.15) is 30.2 Å². The van der Waals surface area contributed by atoms with Gasteiger partial charge in [-0.05, 0) is 37.4 Å². The lowest BCUT2D eigenvalue weighted by Crippen LogP contribution is -2.35. The fourth-order valence-corrected chi connectivity index (χ4v) is 4.15. The van der Waals surface area contributed by atoms with E-state index in [0.29, 0.717) is 5.92 Å². The summed E-state index contributed by atoms with van der Waals surface area (Å²) in [6.45, 7) is 2.96. The smallest absolute Gasteiger partial charge is 0.193 e. The molecule has 1 aromatic carbocycles. The molecule has 0 bridgehead atoms. The Balaban J connectivity index is 1.34. The van der Waals surface area contributed by atoms with Crippen molar-refractivity contribution in [1.82, 2.24) is 14.3 Å². The van der Waals surface area contributed by atoms with E-state index < -0.39 is 0 Å². The Morgan fingerprint density at radius 1 is 1.22 bits per heavy atom. The molecule has 0 aliphatic carbocycles. The second-order valence-electron chi connectivity index (χ2n) is 6.29. The van der Waals surface area contributed by atoms with Crippen LogP contribution in [-0.2, 0) is 6.54 Å².